The van der Waals surface area contributed by atoms with E-state index < -0.39 is 6.10 Å². The molecule has 0 saturated heterocycles. The Morgan fingerprint density at radius 3 is 2.56 bits per heavy atom. The predicted molar refractivity (Wildman–Crippen MR) is 106 cm³/mol. The average Bonchev–Trinajstić information content (AvgIpc) is 3.17. The second-order valence-electron chi connectivity index (χ2n) is 6.43. The minimum Gasteiger partial charge on any atom is -0.481 e. The van der Waals surface area contributed by atoms with E-state index in [-0.39, 0.29) is 5.91 Å². The Morgan fingerprint density at radius 2 is 1.89 bits per heavy atom. The van der Waals surface area contributed by atoms with Gasteiger partial charge in [0.15, 0.2) is 6.10 Å². The highest BCUT2D eigenvalue weighted by atomic mass is 35.5. The van der Waals surface area contributed by atoms with Crippen LogP contribution in [0, 0.1) is 6.92 Å². The summed E-state index contributed by atoms with van der Waals surface area (Å²) in [4.78, 5) is 14.8. The van der Waals surface area contributed by atoms with Crippen LogP contribution in [-0.2, 0) is 17.9 Å². The molecular weight excluding hydrogens is 362 g/mol. The number of carbonyl (C=O) groups is 1. The Bertz CT molecular complexity index is 878. The van der Waals surface area contributed by atoms with Crippen molar-refractivity contribution in [2.24, 2.45) is 0 Å². The SMILES string of the molecule is Cc1cc(OC(C)C(=O)N(Cc2ccccc2)Cc2ccco2)ccc1Cl. The number of rotatable bonds is 7. The van der Waals surface area contributed by atoms with Gasteiger partial charge in [0.25, 0.3) is 5.91 Å². The maximum Gasteiger partial charge on any atom is 0.264 e. The van der Waals surface area contributed by atoms with E-state index in [4.69, 9.17) is 20.8 Å². The second-order valence-corrected chi connectivity index (χ2v) is 6.84. The van der Waals surface area contributed by atoms with Crippen molar-refractivity contribution in [3.8, 4) is 5.75 Å². The lowest BCUT2D eigenvalue weighted by atomic mass is 10.2. The van der Waals surface area contributed by atoms with E-state index in [1.807, 2.05) is 55.5 Å². The lowest BCUT2D eigenvalue weighted by Crippen LogP contribution is -2.39. The van der Waals surface area contributed by atoms with Gasteiger partial charge >= 0.3 is 0 Å². The van der Waals surface area contributed by atoms with Crippen LogP contribution in [0.3, 0.4) is 0 Å². The molecule has 0 radical (unpaired) electrons. The van der Waals surface area contributed by atoms with Gasteiger partial charge in [-0.3, -0.25) is 4.79 Å². The van der Waals surface area contributed by atoms with Crippen molar-refractivity contribution in [1.29, 1.82) is 0 Å². The molecule has 1 aromatic heterocycles. The van der Waals surface area contributed by atoms with Crippen molar-refractivity contribution in [3.63, 3.8) is 0 Å². The molecule has 1 amide bonds. The standard InChI is InChI=1S/C22H22ClNO3/c1-16-13-19(10-11-21(16)23)27-17(2)22(25)24(15-20-9-6-12-26-20)14-18-7-4-3-5-8-18/h3-13,17H,14-15H2,1-2H3. The summed E-state index contributed by atoms with van der Waals surface area (Å²) in [5, 5.41) is 0.671. The number of halogens is 1. The molecule has 0 aliphatic carbocycles. The van der Waals surface area contributed by atoms with Crippen LogP contribution in [0.1, 0.15) is 23.8 Å². The Kier molecular flexibility index (Phi) is 6.20. The van der Waals surface area contributed by atoms with Crippen LogP contribution in [-0.4, -0.2) is 16.9 Å². The summed E-state index contributed by atoms with van der Waals surface area (Å²) in [7, 11) is 0. The quantitative estimate of drug-likeness (QED) is 0.560. The fourth-order valence-corrected chi connectivity index (χ4v) is 2.93. The number of hydrogen-bond acceptors (Lipinski definition) is 3. The van der Waals surface area contributed by atoms with Gasteiger partial charge in [-0.2, -0.15) is 0 Å². The zero-order valence-electron chi connectivity index (χ0n) is 15.4. The third-order valence-electron chi connectivity index (χ3n) is 4.24. The van der Waals surface area contributed by atoms with Crippen LogP contribution in [0.25, 0.3) is 0 Å². The highest BCUT2D eigenvalue weighted by Crippen LogP contribution is 2.22. The van der Waals surface area contributed by atoms with Gasteiger partial charge in [0, 0.05) is 11.6 Å². The molecule has 1 unspecified atom stereocenters. The minimum absolute atomic E-state index is 0.108. The van der Waals surface area contributed by atoms with Gasteiger partial charge in [-0.05, 0) is 55.3 Å². The molecule has 1 heterocycles. The molecule has 27 heavy (non-hydrogen) atoms. The lowest BCUT2D eigenvalue weighted by Gasteiger charge is -2.25. The number of hydrogen-bond donors (Lipinski definition) is 0. The van der Waals surface area contributed by atoms with Crippen LogP contribution in [0.15, 0.2) is 71.3 Å². The highest BCUT2D eigenvalue weighted by molar-refractivity contribution is 6.31. The summed E-state index contributed by atoms with van der Waals surface area (Å²) in [5.41, 5.74) is 1.96. The van der Waals surface area contributed by atoms with Crippen LogP contribution in [0.5, 0.6) is 5.75 Å². The number of nitrogens with zero attached hydrogens (tertiary/aromatic N) is 1. The van der Waals surface area contributed by atoms with Crippen LogP contribution >= 0.6 is 11.6 Å². The summed E-state index contributed by atoms with van der Waals surface area (Å²) in [6.45, 7) is 4.52. The van der Waals surface area contributed by atoms with Crippen LogP contribution < -0.4 is 4.74 Å². The number of furan rings is 1. The van der Waals surface area contributed by atoms with E-state index in [9.17, 15) is 4.79 Å². The van der Waals surface area contributed by atoms with Gasteiger partial charge in [0.05, 0.1) is 12.8 Å². The summed E-state index contributed by atoms with van der Waals surface area (Å²) in [6.07, 6.45) is 0.973. The molecule has 4 nitrogen and oxygen atoms in total. The maximum absolute atomic E-state index is 13.1. The van der Waals surface area contributed by atoms with Gasteiger partial charge in [0.2, 0.25) is 0 Å². The lowest BCUT2D eigenvalue weighted by molar-refractivity contribution is -0.139. The molecule has 3 aromatic rings. The maximum atomic E-state index is 13.1. The third-order valence-corrected chi connectivity index (χ3v) is 4.67. The van der Waals surface area contributed by atoms with Crippen molar-refractivity contribution in [2.45, 2.75) is 33.0 Å². The number of aryl methyl sites for hydroxylation is 1. The molecule has 0 aliphatic heterocycles. The third kappa shape index (κ3) is 5.14. The van der Waals surface area contributed by atoms with E-state index in [0.717, 1.165) is 16.9 Å². The van der Waals surface area contributed by atoms with Crippen molar-refractivity contribution in [2.75, 3.05) is 0 Å². The van der Waals surface area contributed by atoms with Crippen LogP contribution in [0.4, 0.5) is 0 Å². The summed E-state index contributed by atoms with van der Waals surface area (Å²) < 4.78 is 11.3. The van der Waals surface area contributed by atoms with E-state index in [1.165, 1.54) is 0 Å². The summed E-state index contributed by atoms with van der Waals surface area (Å²) in [6, 6.07) is 18.9. The first-order valence-electron chi connectivity index (χ1n) is 8.81. The van der Waals surface area contributed by atoms with Crippen molar-refractivity contribution in [1.82, 2.24) is 4.90 Å². The first kappa shape index (κ1) is 19.1. The second kappa shape index (κ2) is 8.78. The van der Waals surface area contributed by atoms with Crippen molar-refractivity contribution < 1.29 is 13.9 Å². The Hall–Kier alpha value is -2.72. The Labute approximate surface area is 164 Å². The molecule has 1 atom stereocenters. The highest BCUT2D eigenvalue weighted by Gasteiger charge is 2.23. The van der Waals surface area contributed by atoms with Gasteiger partial charge in [0.1, 0.15) is 11.5 Å². The van der Waals surface area contributed by atoms with E-state index >= 15 is 0 Å². The Morgan fingerprint density at radius 1 is 1.11 bits per heavy atom. The van der Waals surface area contributed by atoms with Gasteiger partial charge in [-0.15, -0.1) is 0 Å². The summed E-state index contributed by atoms with van der Waals surface area (Å²) >= 11 is 6.06. The minimum atomic E-state index is -0.635. The normalized spacial score (nSPS) is 11.8. The largest absolute Gasteiger partial charge is 0.481 e. The van der Waals surface area contributed by atoms with Crippen molar-refractivity contribution >= 4 is 17.5 Å². The van der Waals surface area contributed by atoms with Gasteiger partial charge in [-0.25, -0.2) is 0 Å². The molecule has 3 rings (SSSR count). The predicted octanol–water partition coefficient (Wildman–Crippen LogP) is 5.24. The van der Waals surface area contributed by atoms with E-state index in [0.29, 0.717) is 23.9 Å². The monoisotopic (exact) mass is 383 g/mol. The van der Waals surface area contributed by atoms with Crippen molar-refractivity contribution in [3.05, 3.63) is 88.8 Å². The molecule has 0 N–H and O–H groups in total. The molecule has 140 valence electrons. The number of benzene rings is 2. The summed E-state index contributed by atoms with van der Waals surface area (Å²) in [5.74, 6) is 1.24. The molecule has 0 saturated carbocycles. The Balaban J connectivity index is 1.75. The molecular formula is C22H22ClNO3. The van der Waals surface area contributed by atoms with Gasteiger partial charge < -0.3 is 14.1 Å². The fraction of sp³-hybridized carbons (Fsp3) is 0.227. The first-order chi connectivity index (χ1) is 13.0. The molecule has 0 bridgehead atoms. The van der Waals surface area contributed by atoms with Crippen LogP contribution in [0.2, 0.25) is 5.02 Å². The zero-order valence-corrected chi connectivity index (χ0v) is 16.1. The molecule has 0 fully saturated rings. The molecule has 2 aromatic carbocycles. The molecule has 0 aliphatic rings. The fourth-order valence-electron chi connectivity index (χ4n) is 2.81. The number of ether oxygens (including phenoxy) is 1. The van der Waals surface area contributed by atoms with Gasteiger partial charge in [-0.1, -0.05) is 41.9 Å². The van der Waals surface area contributed by atoms with E-state index in [2.05, 4.69) is 0 Å². The number of amides is 1. The molecule has 0 spiro atoms. The van der Waals surface area contributed by atoms with E-state index in [1.54, 1.807) is 30.2 Å². The smallest absolute Gasteiger partial charge is 0.264 e. The zero-order chi connectivity index (χ0) is 19.2. The first-order valence-corrected chi connectivity index (χ1v) is 9.18. The average molecular weight is 384 g/mol. The topological polar surface area (TPSA) is 42.7 Å². The number of carbonyl (C=O) groups excluding carboxylic acids is 1. The molecule has 5 heteroatoms.